The van der Waals surface area contributed by atoms with E-state index in [0.717, 1.165) is 16.9 Å². The molecule has 0 aliphatic carbocycles. The molecular weight excluding hydrogens is 321 g/mol. The van der Waals surface area contributed by atoms with Crippen LogP contribution in [0.25, 0.3) is 5.95 Å². The normalized spacial score (nSPS) is 12.6. The second kappa shape index (κ2) is 5.67. The first kappa shape index (κ1) is 16.4. The Labute approximate surface area is 124 Å². The molecule has 0 saturated carbocycles. The van der Waals surface area contributed by atoms with Gasteiger partial charge in [0, 0.05) is 11.9 Å². The zero-order valence-electron chi connectivity index (χ0n) is 11.8. The van der Waals surface area contributed by atoms with E-state index >= 15 is 0 Å². The van der Waals surface area contributed by atoms with E-state index < -0.39 is 21.7 Å². The van der Waals surface area contributed by atoms with Gasteiger partial charge in [0.15, 0.2) is 20.6 Å². The molecule has 0 atom stereocenters. The van der Waals surface area contributed by atoms with E-state index in [-0.39, 0.29) is 16.7 Å². The number of aryl methyl sites for hydroxylation is 1. The maximum atomic E-state index is 12.6. The van der Waals surface area contributed by atoms with Gasteiger partial charge in [-0.1, -0.05) is 6.92 Å². The molecule has 0 radical (unpaired) electrons. The second-order valence-electron chi connectivity index (χ2n) is 4.61. The fourth-order valence-corrected chi connectivity index (χ4v) is 3.06. The highest BCUT2D eigenvalue weighted by atomic mass is 32.2. The van der Waals surface area contributed by atoms with Crippen molar-refractivity contribution in [3.05, 3.63) is 29.7 Å². The van der Waals surface area contributed by atoms with Gasteiger partial charge in [-0.2, -0.15) is 23.3 Å². The van der Waals surface area contributed by atoms with Crippen molar-refractivity contribution in [1.82, 2.24) is 19.7 Å². The quantitative estimate of drug-likeness (QED) is 0.801. The summed E-state index contributed by atoms with van der Waals surface area (Å²) in [6, 6.07) is 2.05. The van der Waals surface area contributed by atoms with Crippen molar-refractivity contribution in [2.75, 3.05) is 5.75 Å². The van der Waals surface area contributed by atoms with Crippen molar-refractivity contribution in [1.29, 1.82) is 0 Å². The van der Waals surface area contributed by atoms with Crippen LogP contribution in [0.2, 0.25) is 0 Å². The van der Waals surface area contributed by atoms with E-state index in [1.807, 2.05) is 0 Å². The van der Waals surface area contributed by atoms with E-state index in [1.165, 1.54) is 13.0 Å². The Morgan fingerprint density at radius 1 is 1.27 bits per heavy atom. The van der Waals surface area contributed by atoms with Crippen LogP contribution < -0.4 is 0 Å². The number of rotatable bonds is 4. The molecule has 2 rings (SSSR count). The lowest BCUT2D eigenvalue weighted by Crippen LogP contribution is -2.13. The van der Waals surface area contributed by atoms with Crippen molar-refractivity contribution in [2.45, 2.75) is 31.5 Å². The van der Waals surface area contributed by atoms with Gasteiger partial charge in [0.1, 0.15) is 0 Å². The van der Waals surface area contributed by atoms with E-state index in [0.29, 0.717) is 12.1 Å². The summed E-state index contributed by atoms with van der Waals surface area (Å²) < 4.78 is 62.5. The van der Waals surface area contributed by atoms with Gasteiger partial charge in [-0.05, 0) is 25.5 Å². The topological polar surface area (TPSA) is 77.7 Å². The third kappa shape index (κ3) is 3.43. The third-order valence-corrected chi connectivity index (χ3v) is 4.49. The summed E-state index contributed by atoms with van der Waals surface area (Å²) in [5.74, 6) is -0.319. The molecule has 0 aliphatic heterocycles. The second-order valence-corrected chi connectivity index (χ2v) is 6.67. The number of alkyl halides is 3. The summed E-state index contributed by atoms with van der Waals surface area (Å²) in [7, 11) is -3.60. The number of sulfone groups is 1. The average Bonchev–Trinajstić information content (AvgIpc) is 2.87. The minimum atomic E-state index is -4.59. The van der Waals surface area contributed by atoms with Crippen LogP contribution in [0.3, 0.4) is 0 Å². The van der Waals surface area contributed by atoms with Crippen molar-refractivity contribution in [2.24, 2.45) is 0 Å². The molecule has 0 aromatic carbocycles. The average molecular weight is 334 g/mol. The van der Waals surface area contributed by atoms with Crippen LogP contribution in [0, 0.1) is 6.92 Å². The van der Waals surface area contributed by atoms with Crippen LogP contribution in [0.5, 0.6) is 0 Å². The summed E-state index contributed by atoms with van der Waals surface area (Å²) in [4.78, 5) is 7.75. The molecule has 0 spiro atoms. The molecule has 0 saturated heterocycles. The Hall–Kier alpha value is -1.97. The van der Waals surface area contributed by atoms with Crippen LogP contribution in [-0.4, -0.2) is 33.9 Å². The summed E-state index contributed by atoms with van der Waals surface area (Å²) in [6.45, 7) is 3.24. The summed E-state index contributed by atoms with van der Waals surface area (Å²) in [5.41, 5.74) is -0.778. The predicted octanol–water partition coefficient (Wildman–Crippen LogP) is 2.17. The highest BCUT2D eigenvalue weighted by Crippen LogP contribution is 2.27. The molecule has 2 aromatic heterocycles. The van der Waals surface area contributed by atoms with E-state index in [9.17, 15) is 21.6 Å². The van der Waals surface area contributed by atoms with Crippen molar-refractivity contribution in [3.63, 3.8) is 0 Å². The molecule has 10 heteroatoms. The maximum Gasteiger partial charge on any atom is 0.435 e. The highest BCUT2D eigenvalue weighted by Gasteiger charge is 2.34. The zero-order chi connectivity index (χ0) is 16.5. The van der Waals surface area contributed by atoms with Gasteiger partial charge in [0.2, 0.25) is 0 Å². The molecule has 0 unspecified atom stereocenters. The van der Waals surface area contributed by atoms with Gasteiger partial charge in [-0.3, -0.25) is 0 Å². The number of nitrogens with zero attached hydrogens (tertiary/aromatic N) is 4. The zero-order valence-corrected chi connectivity index (χ0v) is 12.6. The molecule has 2 aromatic rings. The van der Waals surface area contributed by atoms with Gasteiger partial charge in [-0.15, -0.1) is 0 Å². The van der Waals surface area contributed by atoms with Crippen molar-refractivity contribution in [3.8, 4) is 5.95 Å². The number of halogens is 3. The van der Waals surface area contributed by atoms with E-state index in [1.54, 1.807) is 6.92 Å². The van der Waals surface area contributed by atoms with Gasteiger partial charge in [0.25, 0.3) is 5.95 Å². The van der Waals surface area contributed by atoms with Crippen molar-refractivity contribution >= 4 is 9.84 Å². The molecular formula is C12H13F3N4O2S. The summed E-state index contributed by atoms with van der Waals surface area (Å²) in [5, 5.41) is 3.11. The van der Waals surface area contributed by atoms with Crippen LogP contribution >= 0.6 is 0 Å². The van der Waals surface area contributed by atoms with Crippen LogP contribution in [0.4, 0.5) is 13.2 Å². The first-order valence-electron chi connectivity index (χ1n) is 6.35. The Morgan fingerprint density at radius 3 is 2.50 bits per heavy atom. The Kier molecular flexibility index (Phi) is 4.23. The summed E-state index contributed by atoms with van der Waals surface area (Å²) >= 11 is 0. The largest absolute Gasteiger partial charge is 0.435 e. The number of hydrogen-bond donors (Lipinski definition) is 0. The summed E-state index contributed by atoms with van der Waals surface area (Å²) in [6.07, 6.45) is -3.15. The van der Waals surface area contributed by atoms with E-state index in [4.69, 9.17) is 0 Å². The van der Waals surface area contributed by atoms with E-state index in [2.05, 4.69) is 15.1 Å². The lowest BCUT2D eigenvalue weighted by Gasteiger charge is -2.06. The molecule has 6 nitrogen and oxygen atoms in total. The number of aromatic nitrogens is 4. The molecule has 0 aliphatic rings. The standard InChI is InChI=1S/C12H13F3N4O2S/c1-3-6-22(20,21)10-7-8(2)16-11(17-10)19-5-4-9(18-19)12(13,14)15/h4-5,7H,3,6H2,1-2H3. The first-order chi connectivity index (χ1) is 10.1. The lowest BCUT2D eigenvalue weighted by atomic mass is 10.4. The van der Waals surface area contributed by atoms with Gasteiger partial charge in [-0.25, -0.2) is 18.1 Å². The monoisotopic (exact) mass is 334 g/mol. The molecule has 22 heavy (non-hydrogen) atoms. The molecule has 0 bridgehead atoms. The Bertz CT molecular complexity index is 784. The smallest absolute Gasteiger partial charge is 0.222 e. The minimum Gasteiger partial charge on any atom is -0.222 e. The maximum absolute atomic E-state index is 12.6. The Morgan fingerprint density at radius 2 is 1.95 bits per heavy atom. The molecule has 120 valence electrons. The van der Waals surface area contributed by atoms with Crippen LogP contribution in [-0.2, 0) is 16.0 Å². The fourth-order valence-electron chi connectivity index (χ4n) is 1.75. The fraction of sp³-hybridized carbons (Fsp3) is 0.417. The predicted molar refractivity (Wildman–Crippen MR) is 71.2 cm³/mol. The minimum absolute atomic E-state index is 0.101. The Balaban J connectivity index is 2.49. The van der Waals surface area contributed by atoms with Crippen LogP contribution in [0.1, 0.15) is 24.7 Å². The molecule has 0 amide bonds. The first-order valence-corrected chi connectivity index (χ1v) is 8.00. The van der Waals surface area contributed by atoms with Gasteiger partial charge in [0.05, 0.1) is 5.75 Å². The third-order valence-electron chi connectivity index (χ3n) is 2.69. The van der Waals surface area contributed by atoms with Crippen molar-refractivity contribution < 1.29 is 21.6 Å². The van der Waals surface area contributed by atoms with Gasteiger partial charge >= 0.3 is 6.18 Å². The van der Waals surface area contributed by atoms with Gasteiger partial charge < -0.3 is 0 Å². The molecule has 0 N–H and O–H groups in total. The van der Waals surface area contributed by atoms with Crippen LogP contribution in [0.15, 0.2) is 23.4 Å². The highest BCUT2D eigenvalue weighted by molar-refractivity contribution is 7.91. The number of hydrogen-bond acceptors (Lipinski definition) is 5. The molecule has 0 fully saturated rings. The molecule has 2 heterocycles. The SMILES string of the molecule is CCCS(=O)(=O)c1cc(C)nc(-n2ccc(C(F)(F)F)n2)n1. The lowest BCUT2D eigenvalue weighted by molar-refractivity contribution is -0.141.